The van der Waals surface area contributed by atoms with Gasteiger partial charge in [-0.15, -0.1) is 6.58 Å². The van der Waals surface area contributed by atoms with Gasteiger partial charge >= 0.3 is 0 Å². The summed E-state index contributed by atoms with van der Waals surface area (Å²) in [5.41, 5.74) is 1.99. The van der Waals surface area contributed by atoms with Crippen molar-refractivity contribution in [3.05, 3.63) is 78.4 Å². The van der Waals surface area contributed by atoms with Gasteiger partial charge in [-0.25, -0.2) is 0 Å². The Hall–Kier alpha value is -3.05. The number of amides is 1. The van der Waals surface area contributed by atoms with Crippen molar-refractivity contribution in [3.63, 3.8) is 0 Å². The van der Waals surface area contributed by atoms with Crippen molar-refractivity contribution in [2.45, 2.75) is 6.61 Å². The molecule has 29 heavy (non-hydrogen) atoms. The Morgan fingerprint density at radius 3 is 2.52 bits per heavy atom. The third-order valence-corrected chi connectivity index (χ3v) is 4.91. The lowest BCUT2D eigenvalue weighted by molar-refractivity contribution is -0.127. The topological polar surface area (TPSA) is 42.0 Å². The molecule has 152 valence electrons. The first kappa shape index (κ1) is 20.7. The molecular formula is C24H28N2O3. The van der Waals surface area contributed by atoms with Gasteiger partial charge in [0.25, 0.3) is 0 Å². The van der Waals surface area contributed by atoms with Crippen molar-refractivity contribution in [1.82, 2.24) is 9.80 Å². The van der Waals surface area contributed by atoms with Gasteiger partial charge < -0.3 is 14.4 Å². The number of carbonyl (C=O) groups is 1. The van der Waals surface area contributed by atoms with E-state index in [4.69, 9.17) is 9.47 Å². The van der Waals surface area contributed by atoms with Gasteiger partial charge in [0.1, 0.15) is 6.61 Å². The van der Waals surface area contributed by atoms with E-state index in [1.165, 1.54) is 0 Å². The molecule has 0 aromatic heterocycles. The molecule has 3 rings (SSSR count). The van der Waals surface area contributed by atoms with Crippen LogP contribution in [0.5, 0.6) is 11.5 Å². The summed E-state index contributed by atoms with van der Waals surface area (Å²) in [6, 6.07) is 15.7. The smallest absolute Gasteiger partial charge is 0.246 e. The standard InChI is InChI=1S/C24H28N2O3/c1-3-13-25-14-16-26(17-15-25)24(27)12-10-20-9-11-22(23(18-20)28-2)29-19-21-7-5-4-6-8-21/h3-12,18H,1,13-17,19H2,2H3/b12-10-. The highest BCUT2D eigenvalue weighted by Crippen LogP contribution is 2.29. The molecule has 0 aliphatic carbocycles. The van der Waals surface area contributed by atoms with Gasteiger partial charge in [0, 0.05) is 38.8 Å². The highest BCUT2D eigenvalue weighted by Gasteiger charge is 2.18. The zero-order chi connectivity index (χ0) is 20.5. The number of rotatable bonds is 8. The quantitative estimate of drug-likeness (QED) is 0.508. The van der Waals surface area contributed by atoms with Gasteiger partial charge in [-0.05, 0) is 29.3 Å². The Bertz CT molecular complexity index is 840. The fourth-order valence-corrected chi connectivity index (χ4v) is 3.25. The van der Waals surface area contributed by atoms with Crippen LogP contribution in [0, 0.1) is 0 Å². The lowest BCUT2D eigenvalue weighted by Crippen LogP contribution is -2.48. The zero-order valence-electron chi connectivity index (χ0n) is 16.9. The lowest BCUT2D eigenvalue weighted by atomic mass is 10.1. The minimum atomic E-state index is 0.0339. The fourth-order valence-electron chi connectivity index (χ4n) is 3.25. The van der Waals surface area contributed by atoms with E-state index in [1.807, 2.05) is 65.6 Å². The van der Waals surface area contributed by atoms with E-state index >= 15 is 0 Å². The van der Waals surface area contributed by atoms with Crippen molar-refractivity contribution in [2.75, 3.05) is 39.8 Å². The van der Waals surface area contributed by atoms with Gasteiger partial charge in [-0.2, -0.15) is 0 Å². The summed E-state index contributed by atoms with van der Waals surface area (Å²) in [6.07, 6.45) is 5.35. The number of ether oxygens (including phenoxy) is 2. The largest absolute Gasteiger partial charge is 0.493 e. The van der Waals surface area contributed by atoms with Gasteiger partial charge in [0.05, 0.1) is 7.11 Å². The second-order valence-electron chi connectivity index (χ2n) is 6.93. The molecule has 0 unspecified atom stereocenters. The number of methoxy groups -OCH3 is 1. The van der Waals surface area contributed by atoms with E-state index < -0.39 is 0 Å². The average Bonchev–Trinajstić information content (AvgIpc) is 2.77. The molecule has 0 radical (unpaired) electrons. The van der Waals surface area contributed by atoms with E-state index in [2.05, 4.69) is 11.5 Å². The Morgan fingerprint density at radius 1 is 1.07 bits per heavy atom. The van der Waals surface area contributed by atoms with Gasteiger partial charge in [0.2, 0.25) is 5.91 Å². The molecule has 0 atom stereocenters. The normalized spacial score (nSPS) is 14.7. The number of hydrogen-bond donors (Lipinski definition) is 0. The second kappa shape index (κ2) is 10.5. The maximum Gasteiger partial charge on any atom is 0.246 e. The summed E-state index contributed by atoms with van der Waals surface area (Å²) >= 11 is 0. The molecule has 0 saturated carbocycles. The van der Waals surface area contributed by atoms with E-state index in [-0.39, 0.29) is 5.91 Å². The van der Waals surface area contributed by atoms with Crippen molar-refractivity contribution < 1.29 is 14.3 Å². The van der Waals surface area contributed by atoms with Crippen molar-refractivity contribution in [2.24, 2.45) is 0 Å². The van der Waals surface area contributed by atoms with Crippen LogP contribution in [0.3, 0.4) is 0 Å². The number of benzene rings is 2. The van der Waals surface area contributed by atoms with Crippen LogP contribution in [0.1, 0.15) is 11.1 Å². The van der Waals surface area contributed by atoms with E-state index in [0.29, 0.717) is 18.1 Å². The molecule has 1 heterocycles. The predicted octanol–water partition coefficient (Wildman–Crippen LogP) is 3.62. The Labute approximate surface area is 172 Å². The zero-order valence-corrected chi connectivity index (χ0v) is 16.9. The highest BCUT2D eigenvalue weighted by atomic mass is 16.5. The minimum absolute atomic E-state index is 0.0339. The summed E-state index contributed by atoms with van der Waals surface area (Å²) in [6.45, 7) is 8.36. The summed E-state index contributed by atoms with van der Waals surface area (Å²) in [5, 5.41) is 0. The first-order valence-electron chi connectivity index (χ1n) is 9.84. The van der Waals surface area contributed by atoms with Gasteiger partial charge in [0.15, 0.2) is 11.5 Å². The first-order valence-corrected chi connectivity index (χ1v) is 9.84. The molecule has 0 bridgehead atoms. The maximum atomic E-state index is 12.5. The number of carbonyl (C=O) groups excluding carboxylic acids is 1. The van der Waals surface area contributed by atoms with Crippen LogP contribution >= 0.6 is 0 Å². The van der Waals surface area contributed by atoms with Crippen LogP contribution in [-0.2, 0) is 11.4 Å². The summed E-state index contributed by atoms with van der Waals surface area (Å²) < 4.78 is 11.3. The number of nitrogens with zero attached hydrogens (tertiary/aromatic N) is 2. The van der Waals surface area contributed by atoms with Crippen molar-refractivity contribution in [3.8, 4) is 11.5 Å². The minimum Gasteiger partial charge on any atom is -0.493 e. The van der Waals surface area contributed by atoms with Crippen molar-refractivity contribution >= 4 is 12.0 Å². The number of piperazine rings is 1. The Kier molecular flexibility index (Phi) is 7.47. The summed E-state index contributed by atoms with van der Waals surface area (Å²) in [7, 11) is 1.62. The molecule has 0 N–H and O–H groups in total. The molecule has 5 heteroatoms. The molecule has 1 amide bonds. The summed E-state index contributed by atoms with van der Waals surface area (Å²) in [4.78, 5) is 16.6. The Morgan fingerprint density at radius 2 is 1.83 bits per heavy atom. The lowest BCUT2D eigenvalue weighted by Gasteiger charge is -2.33. The molecule has 2 aromatic rings. The van der Waals surface area contributed by atoms with Crippen LogP contribution in [0.4, 0.5) is 0 Å². The van der Waals surface area contributed by atoms with Crippen LogP contribution in [0.25, 0.3) is 6.08 Å². The van der Waals surface area contributed by atoms with E-state index in [1.54, 1.807) is 13.2 Å². The maximum absolute atomic E-state index is 12.5. The molecule has 1 aliphatic heterocycles. The van der Waals surface area contributed by atoms with Crippen molar-refractivity contribution in [1.29, 1.82) is 0 Å². The van der Waals surface area contributed by atoms with Crippen LogP contribution in [0.2, 0.25) is 0 Å². The third kappa shape index (κ3) is 5.96. The monoisotopic (exact) mass is 392 g/mol. The van der Waals surface area contributed by atoms with Crippen LogP contribution in [0.15, 0.2) is 67.3 Å². The highest BCUT2D eigenvalue weighted by molar-refractivity contribution is 5.92. The van der Waals surface area contributed by atoms with E-state index in [0.717, 1.165) is 43.9 Å². The molecule has 5 nitrogen and oxygen atoms in total. The molecule has 1 saturated heterocycles. The predicted molar refractivity (Wildman–Crippen MR) is 116 cm³/mol. The first-order chi connectivity index (χ1) is 14.2. The van der Waals surface area contributed by atoms with Gasteiger partial charge in [-0.3, -0.25) is 9.69 Å². The molecule has 1 fully saturated rings. The SMILES string of the molecule is C=CCN1CCN(C(=O)/C=C\c2ccc(OCc3ccccc3)c(OC)c2)CC1. The van der Waals surface area contributed by atoms with Crippen LogP contribution in [-0.4, -0.2) is 55.5 Å². The average molecular weight is 392 g/mol. The molecule has 1 aliphatic rings. The summed E-state index contributed by atoms with van der Waals surface area (Å²) in [5.74, 6) is 1.36. The van der Waals surface area contributed by atoms with Gasteiger partial charge in [-0.1, -0.05) is 42.5 Å². The second-order valence-corrected chi connectivity index (χ2v) is 6.93. The van der Waals surface area contributed by atoms with Crippen LogP contribution < -0.4 is 9.47 Å². The molecule has 0 spiro atoms. The van der Waals surface area contributed by atoms with E-state index in [9.17, 15) is 4.79 Å². The Balaban J connectivity index is 1.58. The third-order valence-electron chi connectivity index (χ3n) is 4.91. The molecular weight excluding hydrogens is 364 g/mol. The fraction of sp³-hybridized carbons (Fsp3) is 0.292. The number of hydrogen-bond acceptors (Lipinski definition) is 4. The molecule has 2 aromatic carbocycles.